The minimum absolute atomic E-state index is 0.280. The standard InChI is InChI=1S/C14H18O3S2/c1-3-5-10-17-13(15)11-6-8-12(9-7-11)19-14(18)16-4-2/h6-9H,3-5,10H2,1-2H3. The fraction of sp³-hybridized carbons (Fsp3) is 0.429. The van der Waals surface area contributed by atoms with Gasteiger partial charge in [-0.3, -0.25) is 0 Å². The van der Waals surface area contributed by atoms with Crippen LogP contribution in [0.3, 0.4) is 0 Å². The van der Waals surface area contributed by atoms with Crippen LogP contribution in [0, 0.1) is 0 Å². The number of carbonyl (C=O) groups is 1. The highest BCUT2D eigenvalue weighted by Crippen LogP contribution is 2.21. The minimum Gasteiger partial charge on any atom is -0.479 e. The maximum absolute atomic E-state index is 11.7. The van der Waals surface area contributed by atoms with E-state index in [1.165, 1.54) is 11.8 Å². The smallest absolute Gasteiger partial charge is 0.338 e. The maximum Gasteiger partial charge on any atom is 0.338 e. The molecule has 0 atom stereocenters. The van der Waals surface area contributed by atoms with Gasteiger partial charge in [-0.15, -0.1) is 0 Å². The fourth-order valence-electron chi connectivity index (χ4n) is 1.30. The predicted octanol–water partition coefficient (Wildman–Crippen LogP) is 4.06. The van der Waals surface area contributed by atoms with E-state index in [4.69, 9.17) is 21.7 Å². The number of benzene rings is 1. The van der Waals surface area contributed by atoms with Gasteiger partial charge in [-0.05, 0) is 61.6 Å². The first-order chi connectivity index (χ1) is 9.17. The number of rotatable bonds is 6. The molecule has 1 aromatic carbocycles. The number of hydrogen-bond acceptors (Lipinski definition) is 5. The zero-order valence-electron chi connectivity index (χ0n) is 11.2. The molecule has 0 N–H and O–H groups in total. The summed E-state index contributed by atoms with van der Waals surface area (Å²) in [6, 6.07) is 7.16. The van der Waals surface area contributed by atoms with Crippen LogP contribution in [0.2, 0.25) is 0 Å². The molecule has 104 valence electrons. The van der Waals surface area contributed by atoms with E-state index in [-0.39, 0.29) is 5.97 Å². The van der Waals surface area contributed by atoms with E-state index in [1.807, 2.05) is 19.1 Å². The van der Waals surface area contributed by atoms with Crippen molar-refractivity contribution in [2.75, 3.05) is 13.2 Å². The summed E-state index contributed by atoms with van der Waals surface area (Å²) < 4.78 is 10.8. The summed E-state index contributed by atoms with van der Waals surface area (Å²) in [5.74, 6) is -0.280. The third kappa shape index (κ3) is 6.07. The van der Waals surface area contributed by atoms with E-state index in [1.54, 1.807) is 12.1 Å². The van der Waals surface area contributed by atoms with Gasteiger partial charge in [0.1, 0.15) is 0 Å². The monoisotopic (exact) mass is 298 g/mol. The molecule has 0 spiro atoms. The Bertz CT molecular complexity index is 415. The molecule has 1 aromatic rings. The Morgan fingerprint density at radius 2 is 1.89 bits per heavy atom. The lowest BCUT2D eigenvalue weighted by molar-refractivity contribution is 0.0499. The molecule has 0 heterocycles. The molecule has 0 saturated heterocycles. The molecule has 0 bridgehead atoms. The van der Waals surface area contributed by atoms with Crippen molar-refractivity contribution in [3.63, 3.8) is 0 Å². The van der Waals surface area contributed by atoms with Crippen molar-refractivity contribution in [2.24, 2.45) is 0 Å². The Balaban J connectivity index is 2.51. The van der Waals surface area contributed by atoms with Gasteiger partial charge in [-0.25, -0.2) is 4.79 Å². The van der Waals surface area contributed by atoms with Gasteiger partial charge in [0, 0.05) is 4.90 Å². The SMILES string of the molecule is CCCCOC(=O)c1ccc(SC(=S)OCC)cc1. The zero-order chi connectivity index (χ0) is 14.1. The lowest BCUT2D eigenvalue weighted by Gasteiger charge is -2.06. The van der Waals surface area contributed by atoms with E-state index < -0.39 is 0 Å². The number of thioether (sulfide) groups is 1. The molecule has 0 radical (unpaired) electrons. The van der Waals surface area contributed by atoms with Crippen LogP contribution >= 0.6 is 24.0 Å². The normalized spacial score (nSPS) is 10.0. The largest absolute Gasteiger partial charge is 0.479 e. The molecular weight excluding hydrogens is 280 g/mol. The van der Waals surface area contributed by atoms with Crippen molar-refractivity contribution in [1.82, 2.24) is 0 Å². The van der Waals surface area contributed by atoms with Crippen LogP contribution in [0.15, 0.2) is 29.2 Å². The lowest BCUT2D eigenvalue weighted by atomic mass is 10.2. The second kappa shape index (κ2) is 8.93. The molecule has 0 aromatic heterocycles. The zero-order valence-corrected chi connectivity index (χ0v) is 12.8. The van der Waals surface area contributed by atoms with E-state index in [0.717, 1.165) is 17.7 Å². The highest BCUT2D eigenvalue weighted by molar-refractivity contribution is 8.22. The summed E-state index contributed by atoms with van der Waals surface area (Å²) in [6.07, 6.45) is 1.90. The number of carbonyl (C=O) groups excluding carboxylic acids is 1. The Labute approximate surface area is 123 Å². The van der Waals surface area contributed by atoms with Gasteiger partial charge in [-0.2, -0.15) is 0 Å². The van der Waals surface area contributed by atoms with E-state index >= 15 is 0 Å². The summed E-state index contributed by atoms with van der Waals surface area (Å²) in [5, 5.41) is 0. The topological polar surface area (TPSA) is 35.5 Å². The molecule has 0 aliphatic rings. The van der Waals surface area contributed by atoms with Crippen LogP contribution in [0.25, 0.3) is 0 Å². The molecule has 0 aliphatic heterocycles. The second-order valence-electron chi connectivity index (χ2n) is 3.80. The number of hydrogen-bond donors (Lipinski definition) is 0. The number of thiocarbonyl (C=S) groups is 1. The van der Waals surface area contributed by atoms with E-state index in [9.17, 15) is 4.79 Å². The van der Waals surface area contributed by atoms with Crippen molar-refractivity contribution in [1.29, 1.82) is 0 Å². The third-order valence-electron chi connectivity index (χ3n) is 2.28. The number of esters is 1. The summed E-state index contributed by atoms with van der Waals surface area (Å²) >= 11 is 6.41. The fourth-order valence-corrected chi connectivity index (χ4v) is 2.34. The van der Waals surface area contributed by atoms with Gasteiger partial charge >= 0.3 is 5.97 Å². The van der Waals surface area contributed by atoms with Crippen LogP contribution in [-0.4, -0.2) is 23.6 Å². The molecule has 3 nitrogen and oxygen atoms in total. The molecule has 0 unspecified atom stereocenters. The Kier molecular flexibility index (Phi) is 7.52. The van der Waals surface area contributed by atoms with Gasteiger partial charge in [0.05, 0.1) is 18.8 Å². The van der Waals surface area contributed by atoms with Crippen LogP contribution in [0.1, 0.15) is 37.0 Å². The van der Waals surface area contributed by atoms with Crippen molar-refractivity contribution < 1.29 is 14.3 Å². The molecule has 0 aliphatic carbocycles. The summed E-state index contributed by atoms with van der Waals surface area (Å²) in [7, 11) is 0. The summed E-state index contributed by atoms with van der Waals surface area (Å²) in [5.41, 5.74) is 0.558. The second-order valence-corrected chi connectivity index (χ2v) is 5.47. The quantitative estimate of drug-likeness (QED) is 0.342. The molecule has 0 fully saturated rings. The molecule has 5 heteroatoms. The van der Waals surface area contributed by atoms with Crippen LogP contribution < -0.4 is 0 Å². The van der Waals surface area contributed by atoms with Crippen LogP contribution in [0.5, 0.6) is 0 Å². The van der Waals surface area contributed by atoms with E-state index in [0.29, 0.717) is 23.2 Å². The van der Waals surface area contributed by atoms with Crippen molar-refractivity contribution in [3.05, 3.63) is 29.8 Å². The first kappa shape index (κ1) is 16.0. The molecule has 0 saturated carbocycles. The van der Waals surface area contributed by atoms with E-state index in [2.05, 4.69) is 6.92 Å². The molecule has 0 amide bonds. The van der Waals surface area contributed by atoms with Crippen molar-refractivity contribution >= 4 is 34.3 Å². The molecule has 1 rings (SSSR count). The summed E-state index contributed by atoms with van der Waals surface area (Å²) in [4.78, 5) is 12.6. The van der Waals surface area contributed by atoms with Crippen LogP contribution in [-0.2, 0) is 9.47 Å². The minimum atomic E-state index is -0.280. The average Bonchev–Trinajstić information content (AvgIpc) is 2.40. The first-order valence-corrected chi connectivity index (χ1v) is 7.51. The first-order valence-electron chi connectivity index (χ1n) is 6.29. The lowest BCUT2D eigenvalue weighted by Crippen LogP contribution is -2.06. The predicted molar refractivity (Wildman–Crippen MR) is 81.7 cm³/mol. The van der Waals surface area contributed by atoms with Crippen molar-refractivity contribution in [2.45, 2.75) is 31.6 Å². The van der Waals surface area contributed by atoms with Crippen LogP contribution in [0.4, 0.5) is 0 Å². The maximum atomic E-state index is 11.7. The highest BCUT2D eigenvalue weighted by Gasteiger charge is 2.07. The highest BCUT2D eigenvalue weighted by atomic mass is 32.2. The van der Waals surface area contributed by atoms with Gasteiger partial charge in [0.25, 0.3) is 0 Å². The third-order valence-corrected chi connectivity index (χ3v) is 3.44. The van der Waals surface area contributed by atoms with Gasteiger partial charge in [0.15, 0.2) is 0 Å². The Morgan fingerprint density at radius 3 is 2.47 bits per heavy atom. The molecular formula is C14H18O3S2. The van der Waals surface area contributed by atoms with Crippen molar-refractivity contribution in [3.8, 4) is 0 Å². The number of unbranched alkanes of at least 4 members (excludes halogenated alkanes) is 1. The average molecular weight is 298 g/mol. The Morgan fingerprint density at radius 1 is 1.21 bits per heavy atom. The summed E-state index contributed by atoms with van der Waals surface area (Å²) in [6.45, 7) is 4.98. The number of ether oxygens (including phenoxy) is 2. The molecule has 19 heavy (non-hydrogen) atoms. The Hall–Kier alpha value is -1.07. The van der Waals surface area contributed by atoms with Gasteiger partial charge < -0.3 is 9.47 Å². The van der Waals surface area contributed by atoms with Gasteiger partial charge in [-0.1, -0.05) is 13.3 Å². The van der Waals surface area contributed by atoms with Gasteiger partial charge in [0.2, 0.25) is 4.38 Å².